The molecule has 31 heavy (non-hydrogen) atoms. The zero-order valence-electron chi connectivity index (χ0n) is 18.8. The minimum absolute atomic E-state index is 0.350. The van der Waals surface area contributed by atoms with Crippen molar-refractivity contribution in [3.8, 4) is 11.3 Å². The van der Waals surface area contributed by atoms with E-state index < -0.39 is 8.07 Å². The van der Waals surface area contributed by atoms with E-state index in [0.29, 0.717) is 18.3 Å². The summed E-state index contributed by atoms with van der Waals surface area (Å²) in [5.74, 6) is 0.627. The van der Waals surface area contributed by atoms with Crippen molar-refractivity contribution in [2.45, 2.75) is 45.6 Å². The van der Waals surface area contributed by atoms with Gasteiger partial charge < -0.3 is 19.8 Å². The van der Waals surface area contributed by atoms with Crippen LogP contribution in [0.4, 0.5) is 5.69 Å². The summed E-state index contributed by atoms with van der Waals surface area (Å²) < 4.78 is 14.1. The molecule has 0 saturated carbocycles. The van der Waals surface area contributed by atoms with Crippen LogP contribution in [0, 0.1) is 0 Å². The summed E-state index contributed by atoms with van der Waals surface area (Å²) in [6.45, 7) is 10.1. The number of rotatable bonds is 7. The third-order valence-corrected chi connectivity index (χ3v) is 6.96. The van der Waals surface area contributed by atoms with Crippen molar-refractivity contribution >= 4 is 30.7 Å². The lowest BCUT2D eigenvalue weighted by Gasteiger charge is -2.17. The first-order chi connectivity index (χ1) is 14.7. The number of hydrazone groups is 1. The van der Waals surface area contributed by atoms with E-state index >= 15 is 0 Å². The summed E-state index contributed by atoms with van der Waals surface area (Å²) in [5.41, 5.74) is 10.2. The van der Waals surface area contributed by atoms with E-state index in [4.69, 9.17) is 15.2 Å². The number of aromatic nitrogens is 3. The van der Waals surface area contributed by atoms with Gasteiger partial charge in [0.1, 0.15) is 18.7 Å². The minimum atomic E-state index is -1.15. The fourth-order valence-corrected chi connectivity index (χ4v) is 4.44. The molecule has 1 unspecified atom stereocenters. The number of nitrogens with zero attached hydrogens (tertiary/aromatic N) is 5. The summed E-state index contributed by atoms with van der Waals surface area (Å²) in [4.78, 5) is 9.20. The molecule has 164 valence electrons. The van der Waals surface area contributed by atoms with Gasteiger partial charge in [0, 0.05) is 51.7 Å². The Morgan fingerprint density at radius 2 is 2.03 bits per heavy atom. The molecule has 9 heteroatoms. The molecular weight excluding hydrogens is 408 g/mol. The first-order valence-corrected chi connectivity index (χ1v) is 14.2. The van der Waals surface area contributed by atoms with Gasteiger partial charge in [-0.1, -0.05) is 31.8 Å². The number of benzene rings is 1. The summed E-state index contributed by atoms with van der Waals surface area (Å²) >= 11 is 0. The number of nitrogen functional groups attached to an aromatic ring is 1. The molecule has 2 aromatic heterocycles. The van der Waals surface area contributed by atoms with Crippen molar-refractivity contribution < 1.29 is 9.47 Å². The van der Waals surface area contributed by atoms with Crippen LogP contribution in [0.25, 0.3) is 22.3 Å². The number of hydrogen-bond donors (Lipinski definition) is 1. The number of hydrogen-bond acceptors (Lipinski definition) is 7. The van der Waals surface area contributed by atoms with Crippen LogP contribution in [0.5, 0.6) is 0 Å². The Balaban J connectivity index is 1.76. The number of ether oxygens (including phenoxy) is 2. The van der Waals surface area contributed by atoms with Crippen LogP contribution in [0.1, 0.15) is 18.7 Å². The van der Waals surface area contributed by atoms with Gasteiger partial charge in [0.2, 0.25) is 12.1 Å². The van der Waals surface area contributed by atoms with Crippen LogP contribution in [0.2, 0.25) is 25.7 Å². The molecule has 8 nitrogen and oxygen atoms in total. The molecule has 3 heterocycles. The monoisotopic (exact) mass is 438 g/mol. The summed E-state index contributed by atoms with van der Waals surface area (Å²) in [6.07, 6.45) is 3.28. The lowest BCUT2D eigenvalue weighted by Crippen LogP contribution is -2.22. The fourth-order valence-electron chi connectivity index (χ4n) is 3.69. The molecule has 0 bridgehead atoms. The molecule has 0 saturated heterocycles. The van der Waals surface area contributed by atoms with Gasteiger partial charge in [0.15, 0.2) is 0 Å². The van der Waals surface area contributed by atoms with Gasteiger partial charge in [-0.25, -0.2) is 9.97 Å². The van der Waals surface area contributed by atoms with Gasteiger partial charge >= 0.3 is 0 Å². The van der Waals surface area contributed by atoms with E-state index in [1.165, 1.54) is 0 Å². The van der Waals surface area contributed by atoms with Gasteiger partial charge in [-0.3, -0.25) is 5.01 Å². The number of anilines is 1. The van der Waals surface area contributed by atoms with E-state index in [1.54, 1.807) is 6.33 Å². The van der Waals surface area contributed by atoms with Crippen LogP contribution in [-0.2, 0) is 16.2 Å². The van der Waals surface area contributed by atoms with Gasteiger partial charge in [-0.15, -0.1) is 5.10 Å². The molecular formula is C22H30N6O2Si. The molecule has 0 amide bonds. The minimum Gasteiger partial charge on any atom is -0.450 e. The smallest absolute Gasteiger partial charge is 0.216 e. The van der Waals surface area contributed by atoms with Crippen LogP contribution in [0.15, 0.2) is 41.9 Å². The topological polar surface area (TPSA) is 90.8 Å². The van der Waals surface area contributed by atoms with E-state index in [0.717, 1.165) is 40.5 Å². The molecule has 0 spiro atoms. The predicted octanol–water partition coefficient (Wildman–Crippen LogP) is 4.29. The van der Waals surface area contributed by atoms with Crippen LogP contribution in [0.3, 0.4) is 0 Å². The van der Waals surface area contributed by atoms with Gasteiger partial charge in [-0.05, 0) is 18.2 Å². The number of nitrogens with two attached hydrogens (primary N) is 1. The average Bonchev–Trinajstić information content (AvgIpc) is 3.23. The second-order valence-electron chi connectivity index (χ2n) is 9.11. The molecule has 4 rings (SSSR count). The van der Waals surface area contributed by atoms with Crippen molar-refractivity contribution in [3.05, 3.63) is 42.4 Å². The largest absolute Gasteiger partial charge is 0.450 e. The summed E-state index contributed by atoms with van der Waals surface area (Å²) in [5, 5.41) is 7.15. The van der Waals surface area contributed by atoms with E-state index in [1.807, 2.05) is 54.0 Å². The fraction of sp³-hybridized carbons (Fsp3) is 0.409. The van der Waals surface area contributed by atoms with Crippen molar-refractivity contribution in [1.29, 1.82) is 0 Å². The Labute approximate surface area is 183 Å². The van der Waals surface area contributed by atoms with Crippen molar-refractivity contribution in [2.75, 3.05) is 19.4 Å². The van der Waals surface area contributed by atoms with E-state index in [-0.39, 0.29) is 6.23 Å². The van der Waals surface area contributed by atoms with Gasteiger partial charge in [0.25, 0.3) is 0 Å². The number of fused-ring (bicyclic) bond motifs is 1. The van der Waals surface area contributed by atoms with Crippen LogP contribution >= 0.6 is 0 Å². The maximum absolute atomic E-state index is 6.05. The molecule has 0 radical (unpaired) electrons. The van der Waals surface area contributed by atoms with Crippen molar-refractivity contribution in [2.24, 2.45) is 5.10 Å². The lowest BCUT2D eigenvalue weighted by molar-refractivity contribution is 0.0752. The molecule has 3 aromatic rings. The quantitative estimate of drug-likeness (QED) is 0.336. The predicted molar refractivity (Wildman–Crippen MR) is 126 cm³/mol. The molecule has 1 aliphatic heterocycles. The van der Waals surface area contributed by atoms with Crippen molar-refractivity contribution in [1.82, 2.24) is 19.5 Å². The molecule has 2 N–H and O–H groups in total. The maximum atomic E-state index is 6.05. The molecule has 1 aliphatic rings. The Morgan fingerprint density at radius 1 is 1.23 bits per heavy atom. The second kappa shape index (κ2) is 8.31. The molecule has 0 aliphatic carbocycles. The highest BCUT2D eigenvalue weighted by Crippen LogP contribution is 2.37. The van der Waals surface area contributed by atoms with Crippen LogP contribution in [-0.4, -0.2) is 47.2 Å². The van der Waals surface area contributed by atoms with Gasteiger partial charge in [0.05, 0.1) is 11.1 Å². The Morgan fingerprint density at radius 3 is 2.71 bits per heavy atom. The normalized spacial score (nSPS) is 16.6. The third-order valence-electron chi connectivity index (χ3n) is 5.26. The molecule has 1 atom stereocenters. The highest BCUT2D eigenvalue weighted by atomic mass is 28.3. The first-order valence-electron chi connectivity index (χ1n) is 10.4. The zero-order valence-corrected chi connectivity index (χ0v) is 19.8. The van der Waals surface area contributed by atoms with Crippen molar-refractivity contribution in [3.63, 3.8) is 0 Å². The Hall–Kier alpha value is -2.91. The highest BCUT2D eigenvalue weighted by molar-refractivity contribution is 6.76. The first kappa shape index (κ1) is 21.3. The lowest BCUT2D eigenvalue weighted by atomic mass is 10.0. The maximum Gasteiger partial charge on any atom is 0.216 e. The summed E-state index contributed by atoms with van der Waals surface area (Å²) in [7, 11) is 0.748. The zero-order chi connectivity index (χ0) is 22.2. The standard InChI is InChI=1S/C22H30N6O2Si/c1-15-26-27(2)22(30-15)18-12-28(14-29-9-10-31(3,4)5)21-19(18)20(24-13-25-21)16-7-6-8-17(23)11-16/h6-8,11-13,22H,9-10,14,23H2,1-5H3. The SMILES string of the molecule is CC1=NN(C)C(c2cn(COCC[Si](C)(C)C)c3ncnc(-c4cccc(N)c4)c23)O1. The summed E-state index contributed by atoms with van der Waals surface area (Å²) in [6, 6.07) is 8.84. The highest BCUT2D eigenvalue weighted by Gasteiger charge is 2.30. The average molecular weight is 439 g/mol. The van der Waals surface area contributed by atoms with E-state index in [2.05, 4.69) is 34.7 Å². The van der Waals surface area contributed by atoms with Crippen LogP contribution < -0.4 is 5.73 Å². The third kappa shape index (κ3) is 4.57. The van der Waals surface area contributed by atoms with Gasteiger partial charge in [-0.2, -0.15) is 0 Å². The second-order valence-corrected chi connectivity index (χ2v) is 14.7. The molecule has 1 aromatic carbocycles. The molecule has 0 fully saturated rings. The Bertz CT molecular complexity index is 1120. The van der Waals surface area contributed by atoms with E-state index in [9.17, 15) is 0 Å². The Kier molecular flexibility index (Phi) is 5.72.